The number of nitrogen functional groups attached to an aromatic ring is 1. The summed E-state index contributed by atoms with van der Waals surface area (Å²) in [4.78, 5) is 18.4. The lowest BCUT2D eigenvalue weighted by atomic mass is 10.1. The molecular formula is C32H38Cl7N6O4PS2. The maximum Gasteiger partial charge on any atom is 0.339 e. The minimum Gasteiger partial charge on any atom is -0.431 e. The third-order valence-electron chi connectivity index (χ3n) is 7.33. The first-order chi connectivity index (χ1) is 24.4. The van der Waals surface area contributed by atoms with E-state index in [0.29, 0.717) is 31.0 Å². The highest BCUT2D eigenvalue weighted by Crippen LogP contribution is 2.61. The van der Waals surface area contributed by atoms with Crippen LogP contribution in [0.15, 0.2) is 24.3 Å². The number of rotatable bonds is 6. The van der Waals surface area contributed by atoms with E-state index in [2.05, 4.69) is 72.6 Å². The van der Waals surface area contributed by atoms with Crippen LogP contribution in [-0.4, -0.2) is 35.1 Å². The van der Waals surface area contributed by atoms with Crippen LogP contribution in [0.3, 0.4) is 0 Å². The van der Waals surface area contributed by atoms with Crippen LogP contribution in [0.5, 0.6) is 21.9 Å². The molecule has 2 aliphatic heterocycles. The number of nitrogens with one attached hydrogen (secondary N) is 3. The van der Waals surface area contributed by atoms with Crippen molar-refractivity contribution < 1.29 is 18.8 Å². The number of thiazole rings is 2. The van der Waals surface area contributed by atoms with Crippen molar-refractivity contribution in [3.05, 3.63) is 65.5 Å². The molecule has 0 radical (unpaired) electrons. The lowest BCUT2D eigenvalue weighted by Gasteiger charge is -2.26. The molecule has 10 nitrogen and oxygen atoms in total. The molecule has 2 fully saturated rings. The van der Waals surface area contributed by atoms with Crippen LogP contribution in [-0.2, 0) is 9.36 Å². The van der Waals surface area contributed by atoms with Gasteiger partial charge in [0.05, 0.1) is 6.17 Å². The predicted octanol–water partition coefficient (Wildman–Crippen LogP) is 12.9. The first-order valence-corrected chi connectivity index (χ1v) is 23.4. The number of nitrogens with zero attached hydrogens (tertiary/aromatic N) is 2. The Morgan fingerprint density at radius 1 is 0.788 bits per heavy atom. The molecule has 0 aliphatic carbocycles. The number of ether oxygens (including phenoxy) is 2. The fourth-order valence-corrected chi connectivity index (χ4v) is 6.74. The lowest BCUT2D eigenvalue weighted by Crippen LogP contribution is -2.40. The van der Waals surface area contributed by atoms with E-state index in [9.17, 15) is 9.36 Å². The number of halogens is 7. The van der Waals surface area contributed by atoms with Gasteiger partial charge in [-0.25, -0.2) is 0 Å². The van der Waals surface area contributed by atoms with Crippen LogP contribution >= 0.6 is 108 Å². The van der Waals surface area contributed by atoms with Crippen molar-refractivity contribution in [2.45, 2.75) is 72.4 Å². The Morgan fingerprint density at radius 3 is 1.73 bits per heavy atom. The van der Waals surface area contributed by atoms with Gasteiger partial charge in [0, 0.05) is 24.3 Å². The SMILES string of the molecule is Cc1cc(Oc2nc(Cl)c(Cl)s2)c(C)cc1N.Cc1cc(Oc2nc(Cl)c(Cl)s2)c(C)cc1NC1CCCCN1.O=C1CCCCN1.O=P(Cl)(Cl)Cl. The molecule has 5 N–H and O–H groups in total. The van der Waals surface area contributed by atoms with E-state index in [1.54, 1.807) is 0 Å². The summed E-state index contributed by atoms with van der Waals surface area (Å²) in [6.07, 6.45) is 6.96. The fraction of sp³-hybridized carbons (Fsp3) is 0.406. The Hall–Kier alpha value is -1.41. The van der Waals surface area contributed by atoms with Gasteiger partial charge in [-0.3, -0.25) is 14.7 Å². The standard InChI is InChI=1S/C16H19Cl2N3OS.C11H10Cl2N2OS.C5H9NO.Cl3OP/c1-9-8-12(22-16-21-14(17)15(18)23-16)10(2)7-11(9)20-13-5-3-4-6-19-13;1-5-4-8(6(2)3-7(5)14)16-11-15-9(12)10(13)17-11;7-5-3-1-2-4-6-5;1-5(2,3)4/h7-8,13,19-20H,3-6H2,1-2H3;3-4H,14H2,1-2H3;1-4H2,(H,6,7);. The Balaban J connectivity index is 0.000000218. The molecule has 2 aromatic carbocycles. The normalized spacial score (nSPS) is 15.4. The molecule has 1 unspecified atom stereocenters. The molecular weight excluding hydrogens is 876 g/mol. The largest absolute Gasteiger partial charge is 0.431 e. The Bertz CT molecular complexity index is 1800. The highest BCUT2D eigenvalue weighted by Gasteiger charge is 2.16. The maximum atomic E-state index is 10.4. The summed E-state index contributed by atoms with van der Waals surface area (Å²) >= 11 is 39.7. The van der Waals surface area contributed by atoms with Gasteiger partial charge in [-0.05, 0) is 147 Å². The summed E-state index contributed by atoms with van der Waals surface area (Å²) in [5.41, 5.74) is 11.7. The van der Waals surface area contributed by atoms with Gasteiger partial charge in [0.1, 0.15) is 20.2 Å². The molecule has 4 heterocycles. The van der Waals surface area contributed by atoms with E-state index in [-0.39, 0.29) is 16.2 Å². The van der Waals surface area contributed by atoms with Gasteiger partial charge >= 0.3 is 5.20 Å². The van der Waals surface area contributed by atoms with Crippen LogP contribution in [0.2, 0.25) is 19.0 Å². The number of piperidine rings is 2. The highest BCUT2D eigenvalue weighted by molar-refractivity contribution is 8.24. The summed E-state index contributed by atoms with van der Waals surface area (Å²) in [6.45, 7) is 9.89. The number of anilines is 2. The number of aromatic nitrogens is 2. The van der Waals surface area contributed by atoms with Crippen molar-refractivity contribution in [1.29, 1.82) is 0 Å². The van der Waals surface area contributed by atoms with E-state index in [4.69, 9.17) is 61.6 Å². The van der Waals surface area contributed by atoms with Crippen molar-refractivity contribution in [3.8, 4) is 21.9 Å². The molecule has 2 aromatic heterocycles. The molecule has 1 amide bonds. The third kappa shape index (κ3) is 16.1. The molecule has 52 heavy (non-hydrogen) atoms. The third-order valence-corrected chi connectivity index (χ3v) is 10.6. The minimum atomic E-state index is -3.22. The first kappa shape index (κ1) is 45.0. The van der Waals surface area contributed by atoms with E-state index in [1.165, 1.54) is 35.5 Å². The second-order valence-electron chi connectivity index (χ2n) is 11.6. The van der Waals surface area contributed by atoms with E-state index < -0.39 is 5.20 Å². The molecule has 6 rings (SSSR count). The number of nitrogens with two attached hydrogens (primary N) is 1. The van der Waals surface area contributed by atoms with Gasteiger partial charge in [0.2, 0.25) is 5.91 Å². The monoisotopic (exact) mass is 910 g/mol. The number of hydrogen-bond donors (Lipinski definition) is 4. The van der Waals surface area contributed by atoms with Gasteiger partial charge in [-0.15, -0.1) is 0 Å². The Kier molecular flexibility index (Phi) is 18.7. The predicted molar refractivity (Wildman–Crippen MR) is 222 cm³/mol. The molecule has 0 saturated carbocycles. The zero-order valence-electron chi connectivity index (χ0n) is 28.6. The molecule has 2 saturated heterocycles. The number of benzene rings is 2. The zero-order chi connectivity index (χ0) is 38.6. The average Bonchev–Trinajstić information content (AvgIpc) is 3.56. The molecule has 0 bridgehead atoms. The number of hydrogen-bond acceptors (Lipinski definition) is 11. The Morgan fingerprint density at radius 2 is 1.31 bits per heavy atom. The van der Waals surface area contributed by atoms with Crippen LogP contribution in [0.1, 0.15) is 60.8 Å². The molecule has 1 atom stereocenters. The van der Waals surface area contributed by atoms with Crippen LogP contribution in [0.25, 0.3) is 0 Å². The van der Waals surface area contributed by atoms with Crippen molar-refractivity contribution >= 4 is 125 Å². The molecule has 286 valence electrons. The highest BCUT2D eigenvalue weighted by atomic mass is 36.0. The van der Waals surface area contributed by atoms with E-state index in [1.807, 2.05) is 39.0 Å². The van der Waals surface area contributed by atoms with Crippen LogP contribution in [0, 0.1) is 27.7 Å². The summed E-state index contributed by atoms with van der Waals surface area (Å²) in [6, 6.07) is 7.86. The first-order valence-electron chi connectivity index (χ1n) is 15.8. The van der Waals surface area contributed by atoms with Crippen molar-refractivity contribution in [2.75, 3.05) is 24.1 Å². The number of aryl methyl sites for hydroxylation is 4. The van der Waals surface area contributed by atoms with Gasteiger partial charge in [-0.2, -0.15) is 9.97 Å². The maximum absolute atomic E-state index is 10.4. The van der Waals surface area contributed by atoms with E-state index in [0.717, 1.165) is 78.2 Å². The Labute approximate surface area is 346 Å². The van der Waals surface area contributed by atoms with Crippen molar-refractivity contribution in [2.24, 2.45) is 0 Å². The number of carbonyl (C=O) groups is 1. The van der Waals surface area contributed by atoms with Crippen molar-refractivity contribution in [3.63, 3.8) is 0 Å². The summed E-state index contributed by atoms with van der Waals surface area (Å²) < 4.78 is 21.8. The molecule has 20 heteroatoms. The van der Waals surface area contributed by atoms with Gasteiger partial charge < -0.3 is 25.8 Å². The molecule has 0 spiro atoms. The second-order valence-corrected chi connectivity index (χ2v) is 22.0. The van der Waals surface area contributed by atoms with Crippen molar-refractivity contribution in [1.82, 2.24) is 20.6 Å². The van der Waals surface area contributed by atoms with Gasteiger partial charge in [0.15, 0.2) is 10.3 Å². The second kappa shape index (κ2) is 21.6. The molecule has 2 aliphatic rings. The topological polar surface area (TPSA) is 140 Å². The lowest BCUT2D eigenvalue weighted by molar-refractivity contribution is -0.122. The van der Waals surface area contributed by atoms with Crippen LogP contribution in [0.4, 0.5) is 11.4 Å². The summed E-state index contributed by atoms with van der Waals surface area (Å²) in [5.74, 6) is 1.69. The summed E-state index contributed by atoms with van der Waals surface area (Å²) in [7, 11) is 0. The smallest absolute Gasteiger partial charge is 0.339 e. The van der Waals surface area contributed by atoms with E-state index >= 15 is 0 Å². The zero-order valence-corrected chi connectivity index (χ0v) is 36.4. The summed E-state index contributed by atoms with van der Waals surface area (Å²) in [5, 5.41) is 8.01. The number of amides is 1. The number of carbonyl (C=O) groups excluding carboxylic acids is 1. The quantitative estimate of drug-likeness (QED) is 0.110. The van der Waals surface area contributed by atoms with Crippen LogP contribution < -0.4 is 31.2 Å². The average molecular weight is 914 g/mol. The van der Waals surface area contributed by atoms with Gasteiger partial charge in [0.25, 0.3) is 10.4 Å². The minimum absolute atomic E-state index is 0.214. The molecule has 4 aromatic rings. The van der Waals surface area contributed by atoms with Gasteiger partial charge in [-0.1, -0.05) is 69.1 Å². The fourth-order valence-electron chi connectivity index (χ4n) is 4.67.